The van der Waals surface area contributed by atoms with Crippen molar-refractivity contribution in [3.63, 3.8) is 0 Å². The maximum Gasteiger partial charge on any atom is 0.0468 e. The number of hydrogen-bond donors (Lipinski definition) is 1. The van der Waals surface area contributed by atoms with Crippen LogP contribution in [0.15, 0.2) is 36.4 Å². The Morgan fingerprint density at radius 1 is 0.950 bits per heavy atom. The molecule has 1 nitrogen and oxygen atoms in total. The molecular formula is C15H13Cl4N. The van der Waals surface area contributed by atoms with Gasteiger partial charge in [-0.15, -0.1) is 0 Å². The van der Waals surface area contributed by atoms with E-state index in [1.165, 1.54) is 0 Å². The molecule has 1 atom stereocenters. The van der Waals surface area contributed by atoms with Crippen LogP contribution < -0.4 is 5.32 Å². The molecule has 106 valence electrons. The topological polar surface area (TPSA) is 12.0 Å². The summed E-state index contributed by atoms with van der Waals surface area (Å²) in [5, 5.41) is 5.79. The number of halogens is 4. The van der Waals surface area contributed by atoms with Crippen molar-refractivity contribution in [1.82, 2.24) is 5.32 Å². The lowest BCUT2D eigenvalue weighted by molar-refractivity contribution is 0.592. The van der Waals surface area contributed by atoms with Crippen molar-refractivity contribution < 1.29 is 0 Å². The second kappa shape index (κ2) is 7.02. The minimum absolute atomic E-state index is 0.0113. The van der Waals surface area contributed by atoms with Crippen molar-refractivity contribution in [2.24, 2.45) is 0 Å². The molecule has 0 saturated carbocycles. The minimum atomic E-state index is 0.0113. The van der Waals surface area contributed by atoms with E-state index in [4.69, 9.17) is 46.4 Å². The summed E-state index contributed by atoms with van der Waals surface area (Å²) in [4.78, 5) is 0. The summed E-state index contributed by atoms with van der Waals surface area (Å²) in [5.74, 6) is 0. The Hall–Kier alpha value is -0.440. The molecule has 0 aliphatic carbocycles. The molecule has 2 aromatic rings. The van der Waals surface area contributed by atoms with E-state index in [0.717, 1.165) is 11.1 Å². The summed E-state index contributed by atoms with van der Waals surface area (Å²) in [6.45, 7) is 0. The summed E-state index contributed by atoms with van der Waals surface area (Å²) in [5.41, 5.74) is 1.87. The zero-order valence-electron chi connectivity index (χ0n) is 10.8. The van der Waals surface area contributed by atoms with Crippen molar-refractivity contribution >= 4 is 46.4 Å². The SMILES string of the molecule is CNC(Cc1c(Cl)cccc1Cl)c1ccc(Cl)cc1Cl. The van der Waals surface area contributed by atoms with Gasteiger partial charge >= 0.3 is 0 Å². The second-order valence-corrected chi connectivity index (χ2v) is 6.07. The third-order valence-electron chi connectivity index (χ3n) is 3.16. The molecule has 0 bridgehead atoms. The van der Waals surface area contributed by atoms with E-state index in [1.807, 2.05) is 37.4 Å². The van der Waals surface area contributed by atoms with Crippen LogP contribution in [-0.2, 0) is 6.42 Å². The summed E-state index contributed by atoms with van der Waals surface area (Å²) in [7, 11) is 1.88. The van der Waals surface area contributed by atoms with Gasteiger partial charge in [-0.1, -0.05) is 58.5 Å². The standard InChI is InChI=1S/C15H13Cl4N/c1-20-15(10-6-5-9(16)7-14(10)19)8-11-12(17)3-2-4-13(11)18/h2-7,15,20H,8H2,1H3. The highest BCUT2D eigenvalue weighted by atomic mass is 35.5. The molecular weight excluding hydrogens is 336 g/mol. The molecule has 1 N–H and O–H groups in total. The normalized spacial score (nSPS) is 12.4. The molecule has 0 saturated heterocycles. The number of likely N-dealkylation sites (N-methyl/N-ethyl adjacent to an activating group) is 1. The van der Waals surface area contributed by atoms with E-state index in [-0.39, 0.29) is 6.04 Å². The molecule has 0 fully saturated rings. The highest BCUT2D eigenvalue weighted by molar-refractivity contribution is 6.36. The molecule has 2 rings (SSSR count). The van der Waals surface area contributed by atoms with E-state index in [9.17, 15) is 0 Å². The van der Waals surface area contributed by atoms with E-state index < -0.39 is 0 Å². The third kappa shape index (κ3) is 3.60. The summed E-state index contributed by atoms with van der Waals surface area (Å²) < 4.78 is 0. The Labute approximate surface area is 138 Å². The van der Waals surface area contributed by atoms with Crippen LogP contribution in [0, 0.1) is 0 Å². The van der Waals surface area contributed by atoms with Gasteiger partial charge < -0.3 is 5.32 Å². The molecule has 0 aromatic heterocycles. The Morgan fingerprint density at radius 3 is 2.15 bits per heavy atom. The van der Waals surface area contributed by atoms with Crippen LogP contribution in [0.1, 0.15) is 17.2 Å². The molecule has 0 aliphatic rings. The molecule has 0 radical (unpaired) electrons. The second-order valence-electron chi connectivity index (χ2n) is 4.41. The van der Waals surface area contributed by atoms with Gasteiger partial charge in [-0.3, -0.25) is 0 Å². The van der Waals surface area contributed by atoms with Crippen LogP contribution >= 0.6 is 46.4 Å². The third-order valence-corrected chi connectivity index (χ3v) is 4.43. The van der Waals surface area contributed by atoms with E-state index >= 15 is 0 Å². The largest absolute Gasteiger partial charge is 0.313 e. The monoisotopic (exact) mass is 347 g/mol. The lowest BCUT2D eigenvalue weighted by Gasteiger charge is -2.19. The lowest BCUT2D eigenvalue weighted by atomic mass is 9.99. The smallest absolute Gasteiger partial charge is 0.0468 e. The lowest BCUT2D eigenvalue weighted by Crippen LogP contribution is -2.19. The fourth-order valence-electron chi connectivity index (χ4n) is 2.08. The predicted molar refractivity (Wildman–Crippen MR) is 88.4 cm³/mol. The quantitative estimate of drug-likeness (QED) is 0.735. The van der Waals surface area contributed by atoms with Crippen LogP contribution in [0.5, 0.6) is 0 Å². The first kappa shape index (κ1) is 15.9. The fourth-order valence-corrected chi connectivity index (χ4v) is 3.18. The average Bonchev–Trinajstić information content (AvgIpc) is 2.40. The van der Waals surface area contributed by atoms with Gasteiger partial charge in [-0.2, -0.15) is 0 Å². The first-order valence-corrected chi connectivity index (χ1v) is 7.59. The van der Waals surface area contributed by atoms with Crippen LogP contribution in [0.25, 0.3) is 0 Å². The van der Waals surface area contributed by atoms with Gasteiger partial charge in [0.2, 0.25) is 0 Å². The number of rotatable bonds is 4. The van der Waals surface area contributed by atoms with Gasteiger partial charge in [-0.25, -0.2) is 0 Å². The van der Waals surface area contributed by atoms with Crippen molar-refractivity contribution in [3.05, 3.63) is 67.6 Å². The molecule has 1 unspecified atom stereocenters. The van der Waals surface area contributed by atoms with Crippen molar-refractivity contribution in [3.8, 4) is 0 Å². The number of nitrogens with one attached hydrogen (secondary N) is 1. The Kier molecular flexibility index (Phi) is 5.59. The predicted octanol–water partition coefficient (Wildman–Crippen LogP) is 5.80. The fraction of sp³-hybridized carbons (Fsp3) is 0.200. The first-order chi connectivity index (χ1) is 9.52. The molecule has 0 aliphatic heterocycles. The number of benzene rings is 2. The first-order valence-electron chi connectivity index (χ1n) is 6.08. The highest BCUT2D eigenvalue weighted by Gasteiger charge is 2.17. The van der Waals surface area contributed by atoms with Crippen molar-refractivity contribution in [1.29, 1.82) is 0 Å². The molecule has 0 amide bonds. The zero-order valence-corrected chi connectivity index (χ0v) is 13.8. The van der Waals surface area contributed by atoms with E-state index in [2.05, 4.69) is 5.32 Å². The Balaban J connectivity index is 2.34. The van der Waals surface area contributed by atoms with Gasteiger partial charge in [0.1, 0.15) is 0 Å². The summed E-state index contributed by atoms with van der Waals surface area (Å²) in [6.07, 6.45) is 0.649. The maximum absolute atomic E-state index is 6.26. The Bertz CT molecular complexity index is 593. The van der Waals surface area contributed by atoms with Gasteiger partial charge in [0, 0.05) is 26.1 Å². The highest BCUT2D eigenvalue weighted by Crippen LogP contribution is 2.32. The van der Waals surface area contributed by atoms with Crippen LogP contribution in [0.4, 0.5) is 0 Å². The molecule has 5 heteroatoms. The van der Waals surface area contributed by atoms with Gasteiger partial charge in [-0.05, 0) is 48.9 Å². The van der Waals surface area contributed by atoms with Crippen molar-refractivity contribution in [2.45, 2.75) is 12.5 Å². The van der Waals surface area contributed by atoms with E-state index in [1.54, 1.807) is 6.07 Å². The van der Waals surface area contributed by atoms with Crippen LogP contribution in [-0.4, -0.2) is 7.05 Å². The maximum atomic E-state index is 6.26. The minimum Gasteiger partial charge on any atom is -0.313 e. The summed E-state index contributed by atoms with van der Waals surface area (Å²) in [6, 6.07) is 11.0. The average molecular weight is 349 g/mol. The van der Waals surface area contributed by atoms with Crippen LogP contribution in [0.2, 0.25) is 20.1 Å². The zero-order chi connectivity index (χ0) is 14.7. The van der Waals surface area contributed by atoms with Gasteiger partial charge in [0.15, 0.2) is 0 Å². The van der Waals surface area contributed by atoms with Gasteiger partial charge in [0.05, 0.1) is 0 Å². The van der Waals surface area contributed by atoms with Crippen LogP contribution in [0.3, 0.4) is 0 Å². The Morgan fingerprint density at radius 2 is 1.60 bits per heavy atom. The van der Waals surface area contributed by atoms with Gasteiger partial charge in [0.25, 0.3) is 0 Å². The number of hydrogen-bond acceptors (Lipinski definition) is 1. The molecule has 0 spiro atoms. The molecule has 2 aromatic carbocycles. The van der Waals surface area contributed by atoms with E-state index in [0.29, 0.717) is 26.5 Å². The molecule has 0 heterocycles. The van der Waals surface area contributed by atoms with Crippen molar-refractivity contribution in [2.75, 3.05) is 7.05 Å². The summed E-state index contributed by atoms with van der Waals surface area (Å²) >= 11 is 24.6. The molecule has 20 heavy (non-hydrogen) atoms.